The molecule has 0 spiro atoms. The molecule has 1 saturated carbocycles. The molecular weight excluding hydrogens is 380 g/mol. The van der Waals surface area contributed by atoms with E-state index in [0.29, 0.717) is 25.4 Å². The molecule has 3 atom stereocenters. The van der Waals surface area contributed by atoms with Crippen LogP contribution in [0.2, 0.25) is 0 Å². The zero-order chi connectivity index (χ0) is 20.5. The summed E-state index contributed by atoms with van der Waals surface area (Å²) in [4.78, 5) is 29.3. The molecule has 2 amide bonds. The summed E-state index contributed by atoms with van der Waals surface area (Å²) >= 11 is 0. The van der Waals surface area contributed by atoms with Crippen LogP contribution in [-0.4, -0.2) is 80.6 Å². The maximum atomic E-state index is 13.2. The molecule has 3 aliphatic rings. The van der Waals surface area contributed by atoms with E-state index in [1.807, 2.05) is 18.7 Å². The number of nitrogens with zero attached hydrogens (tertiary/aromatic N) is 2. The van der Waals surface area contributed by atoms with Crippen molar-refractivity contribution in [1.29, 1.82) is 0 Å². The largest absolute Gasteiger partial charge is 0.354 e. The molecule has 2 aliphatic heterocycles. The van der Waals surface area contributed by atoms with E-state index < -0.39 is 10.0 Å². The van der Waals surface area contributed by atoms with Crippen molar-refractivity contribution in [3.05, 3.63) is 0 Å². The molecule has 3 rings (SSSR count). The molecule has 2 N–H and O–H groups in total. The third-order valence-corrected chi connectivity index (χ3v) is 6.97. The number of carbonyl (C=O) groups is 2. The predicted octanol–water partition coefficient (Wildman–Crippen LogP) is 0.152. The molecule has 9 heteroatoms. The molecule has 0 unspecified atom stereocenters. The fraction of sp³-hybridized carbons (Fsp3) is 0.895. The van der Waals surface area contributed by atoms with Crippen molar-refractivity contribution in [2.45, 2.75) is 64.1 Å². The maximum Gasteiger partial charge on any atom is 0.242 e. The van der Waals surface area contributed by atoms with Crippen molar-refractivity contribution < 1.29 is 18.0 Å². The molecule has 0 aromatic carbocycles. The van der Waals surface area contributed by atoms with Crippen LogP contribution in [0.1, 0.15) is 46.0 Å². The van der Waals surface area contributed by atoms with Crippen LogP contribution < -0.4 is 10.0 Å². The number of sulfonamides is 1. The van der Waals surface area contributed by atoms with E-state index in [4.69, 9.17) is 0 Å². The smallest absolute Gasteiger partial charge is 0.242 e. The van der Waals surface area contributed by atoms with Gasteiger partial charge in [0, 0.05) is 44.2 Å². The summed E-state index contributed by atoms with van der Waals surface area (Å²) in [6.45, 7) is 6.02. The van der Waals surface area contributed by atoms with E-state index in [1.165, 1.54) is 25.7 Å². The number of hydrogen-bond donors (Lipinski definition) is 2. The summed E-state index contributed by atoms with van der Waals surface area (Å²) in [7, 11) is -3.30. The summed E-state index contributed by atoms with van der Waals surface area (Å²) in [5.74, 6) is 0.448. The van der Waals surface area contributed by atoms with E-state index in [0.717, 1.165) is 19.3 Å². The highest BCUT2D eigenvalue weighted by atomic mass is 32.2. The minimum absolute atomic E-state index is 0.0103. The van der Waals surface area contributed by atoms with Crippen molar-refractivity contribution in [1.82, 2.24) is 19.8 Å². The summed E-state index contributed by atoms with van der Waals surface area (Å²) in [5, 5.41) is 2.93. The van der Waals surface area contributed by atoms with Crippen LogP contribution in [0.3, 0.4) is 0 Å². The van der Waals surface area contributed by atoms with Gasteiger partial charge in [0.1, 0.15) is 6.04 Å². The van der Waals surface area contributed by atoms with Gasteiger partial charge in [-0.25, -0.2) is 13.1 Å². The number of carbonyl (C=O) groups excluding carboxylic acids is 2. The van der Waals surface area contributed by atoms with E-state index >= 15 is 0 Å². The minimum Gasteiger partial charge on any atom is -0.354 e. The lowest BCUT2D eigenvalue weighted by molar-refractivity contribution is -0.144. The number of hydrogen-bond acceptors (Lipinski definition) is 5. The van der Waals surface area contributed by atoms with Crippen molar-refractivity contribution in [2.75, 3.05) is 32.4 Å². The lowest BCUT2D eigenvalue weighted by Gasteiger charge is -2.43. The molecular formula is C19H34N4O4S. The average molecular weight is 415 g/mol. The van der Waals surface area contributed by atoms with Gasteiger partial charge < -0.3 is 10.2 Å². The lowest BCUT2D eigenvalue weighted by Crippen LogP contribution is -2.63. The Balaban J connectivity index is 1.71. The van der Waals surface area contributed by atoms with E-state index in [-0.39, 0.29) is 35.9 Å². The fourth-order valence-electron chi connectivity index (χ4n) is 4.84. The molecule has 28 heavy (non-hydrogen) atoms. The SMILES string of the molecule is CC(C)C(=O)NC[C@H]1C(=O)N2C[C@@H](NS(C)(=O)=O)C[C@H]2CN1CC1CCCC1. The highest BCUT2D eigenvalue weighted by Crippen LogP contribution is 2.31. The topological polar surface area (TPSA) is 98.8 Å². The number of piperazine rings is 1. The van der Waals surface area contributed by atoms with Crippen LogP contribution in [0.15, 0.2) is 0 Å². The summed E-state index contributed by atoms with van der Waals surface area (Å²) in [6, 6.07) is -0.567. The Morgan fingerprint density at radius 3 is 2.50 bits per heavy atom. The molecule has 3 fully saturated rings. The van der Waals surface area contributed by atoms with Crippen molar-refractivity contribution >= 4 is 21.8 Å². The van der Waals surface area contributed by atoms with Gasteiger partial charge in [-0.3, -0.25) is 14.5 Å². The Morgan fingerprint density at radius 1 is 1.21 bits per heavy atom. The number of rotatable bonds is 7. The Morgan fingerprint density at radius 2 is 1.89 bits per heavy atom. The number of amides is 2. The minimum atomic E-state index is -3.30. The molecule has 0 aromatic rings. The van der Waals surface area contributed by atoms with Crippen LogP contribution >= 0.6 is 0 Å². The Bertz CT molecular complexity index is 690. The fourth-order valence-corrected chi connectivity index (χ4v) is 5.61. The molecule has 0 radical (unpaired) electrons. The van der Waals surface area contributed by atoms with E-state index in [1.54, 1.807) is 0 Å². The van der Waals surface area contributed by atoms with Crippen molar-refractivity contribution in [3.63, 3.8) is 0 Å². The Kier molecular flexibility index (Phi) is 6.66. The van der Waals surface area contributed by atoms with Crippen LogP contribution in [0.5, 0.6) is 0 Å². The number of fused-ring (bicyclic) bond motifs is 1. The second kappa shape index (κ2) is 8.67. The first kappa shape index (κ1) is 21.5. The van der Waals surface area contributed by atoms with Crippen LogP contribution in [0, 0.1) is 11.8 Å². The van der Waals surface area contributed by atoms with E-state index in [9.17, 15) is 18.0 Å². The first-order valence-electron chi connectivity index (χ1n) is 10.4. The predicted molar refractivity (Wildman–Crippen MR) is 107 cm³/mol. The molecule has 2 heterocycles. The third kappa shape index (κ3) is 5.24. The van der Waals surface area contributed by atoms with Crippen LogP contribution in [0.25, 0.3) is 0 Å². The van der Waals surface area contributed by atoms with Crippen LogP contribution in [0.4, 0.5) is 0 Å². The quantitative estimate of drug-likeness (QED) is 0.618. The standard InChI is InChI=1S/C19H34N4O4S/c1-13(2)18(24)20-9-17-19(25)23-11-15(21-28(3,26)27)8-16(23)12-22(17)10-14-6-4-5-7-14/h13-17,21H,4-12H2,1-3H3,(H,20,24)/t15-,16-,17-/m0/s1. The molecule has 8 nitrogen and oxygen atoms in total. The van der Waals surface area contributed by atoms with E-state index in [2.05, 4.69) is 14.9 Å². The van der Waals surface area contributed by atoms with Crippen molar-refractivity contribution in [2.24, 2.45) is 11.8 Å². The van der Waals surface area contributed by atoms with Gasteiger partial charge in [-0.2, -0.15) is 0 Å². The zero-order valence-electron chi connectivity index (χ0n) is 17.2. The van der Waals surface area contributed by atoms with Crippen molar-refractivity contribution in [3.8, 4) is 0 Å². The summed E-state index contributed by atoms with van der Waals surface area (Å²) in [5.41, 5.74) is 0. The normalized spacial score (nSPS) is 29.5. The number of nitrogens with one attached hydrogen (secondary N) is 2. The van der Waals surface area contributed by atoms with Gasteiger partial charge in [0.2, 0.25) is 21.8 Å². The average Bonchev–Trinajstić information content (AvgIpc) is 3.22. The van der Waals surface area contributed by atoms with Gasteiger partial charge in [-0.05, 0) is 25.2 Å². The first-order valence-corrected chi connectivity index (χ1v) is 12.3. The van der Waals surface area contributed by atoms with Gasteiger partial charge in [0.15, 0.2) is 0 Å². The zero-order valence-corrected chi connectivity index (χ0v) is 18.0. The Hall–Kier alpha value is -1.19. The highest BCUT2D eigenvalue weighted by Gasteiger charge is 2.46. The third-order valence-electron chi connectivity index (χ3n) is 6.21. The first-order chi connectivity index (χ1) is 13.1. The second-order valence-electron chi connectivity index (χ2n) is 8.99. The molecule has 0 aromatic heterocycles. The Labute approximate surface area is 168 Å². The summed E-state index contributed by atoms with van der Waals surface area (Å²) in [6.07, 6.45) is 6.69. The molecule has 1 aliphatic carbocycles. The lowest BCUT2D eigenvalue weighted by atomic mass is 10.0. The second-order valence-corrected chi connectivity index (χ2v) is 10.8. The van der Waals surface area contributed by atoms with Gasteiger partial charge in [0.05, 0.1) is 6.26 Å². The monoisotopic (exact) mass is 414 g/mol. The molecule has 160 valence electrons. The van der Waals surface area contributed by atoms with Crippen LogP contribution in [-0.2, 0) is 19.6 Å². The van der Waals surface area contributed by atoms with Gasteiger partial charge >= 0.3 is 0 Å². The maximum absolute atomic E-state index is 13.2. The van der Waals surface area contributed by atoms with Gasteiger partial charge in [0.25, 0.3) is 0 Å². The molecule has 0 bridgehead atoms. The van der Waals surface area contributed by atoms with Gasteiger partial charge in [-0.1, -0.05) is 26.7 Å². The highest BCUT2D eigenvalue weighted by molar-refractivity contribution is 7.88. The molecule has 2 saturated heterocycles. The van der Waals surface area contributed by atoms with Gasteiger partial charge in [-0.15, -0.1) is 0 Å². The summed E-state index contributed by atoms with van der Waals surface area (Å²) < 4.78 is 25.9.